The van der Waals surface area contributed by atoms with Crippen molar-refractivity contribution < 1.29 is 14.0 Å². The summed E-state index contributed by atoms with van der Waals surface area (Å²) in [4.78, 5) is 25.7. The minimum Gasteiger partial charge on any atom is -0.472 e. The van der Waals surface area contributed by atoms with Gasteiger partial charge in [0, 0.05) is 18.3 Å². The smallest absolute Gasteiger partial charge is 0.272 e. The minimum absolute atomic E-state index is 0.0617. The Morgan fingerprint density at radius 1 is 1.25 bits per heavy atom. The molecule has 24 heavy (non-hydrogen) atoms. The number of furan rings is 1. The van der Waals surface area contributed by atoms with Crippen LogP contribution in [0.25, 0.3) is 11.3 Å². The van der Waals surface area contributed by atoms with Gasteiger partial charge in [-0.1, -0.05) is 18.2 Å². The van der Waals surface area contributed by atoms with E-state index in [1.807, 2.05) is 18.2 Å². The second-order valence-electron chi connectivity index (χ2n) is 5.25. The third kappa shape index (κ3) is 3.52. The van der Waals surface area contributed by atoms with Crippen LogP contribution in [0.1, 0.15) is 10.5 Å². The number of nitrogens with one attached hydrogen (secondary N) is 2. The summed E-state index contributed by atoms with van der Waals surface area (Å²) in [6, 6.07) is 12.5. The van der Waals surface area contributed by atoms with Gasteiger partial charge in [-0.3, -0.25) is 14.7 Å². The van der Waals surface area contributed by atoms with E-state index in [9.17, 15) is 9.59 Å². The van der Waals surface area contributed by atoms with Crippen LogP contribution in [0.5, 0.6) is 0 Å². The number of aromatic nitrogens is 2. The predicted molar refractivity (Wildman–Crippen MR) is 88.3 cm³/mol. The number of benzene rings is 1. The first-order chi connectivity index (χ1) is 11.6. The Morgan fingerprint density at radius 3 is 2.75 bits per heavy atom. The minimum atomic E-state index is -0.319. The summed E-state index contributed by atoms with van der Waals surface area (Å²) in [5.74, 6) is -0.591. The summed E-state index contributed by atoms with van der Waals surface area (Å²) in [6.07, 6.45) is 3.08. The van der Waals surface area contributed by atoms with Crippen LogP contribution in [0, 0.1) is 0 Å². The lowest BCUT2D eigenvalue weighted by atomic mass is 10.2. The second-order valence-corrected chi connectivity index (χ2v) is 5.25. The SMILES string of the molecule is CN(CC(=O)Nc1ccccc1)C(=O)c1cc(-c2ccoc2)n[nH]1. The first-order valence-corrected chi connectivity index (χ1v) is 7.32. The lowest BCUT2D eigenvalue weighted by Crippen LogP contribution is -2.35. The molecule has 0 bridgehead atoms. The fourth-order valence-electron chi connectivity index (χ4n) is 2.20. The zero-order chi connectivity index (χ0) is 16.9. The maximum absolute atomic E-state index is 12.4. The zero-order valence-electron chi connectivity index (χ0n) is 13.0. The van der Waals surface area contributed by atoms with Crippen LogP contribution in [0.3, 0.4) is 0 Å². The van der Waals surface area contributed by atoms with Gasteiger partial charge in [-0.25, -0.2) is 0 Å². The number of aromatic amines is 1. The lowest BCUT2D eigenvalue weighted by Gasteiger charge is -2.15. The molecule has 2 heterocycles. The molecule has 3 aromatic rings. The average molecular weight is 324 g/mol. The standard InChI is InChI=1S/C17H16N4O3/c1-21(10-16(22)18-13-5-3-2-4-6-13)17(23)15-9-14(19-20-15)12-7-8-24-11-12/h2-9,11H,10H2,1H3,(H,18,22)(H,19,20). The number of carbonyl (C=O) groups excluding carboxylic acids is 2. The molecule has 0 saturated heterocycles. The van der Waals surface area contributed by atoms with E-state index in [0.717, 1.165) is 5.56 Å². The van der Waals surface area contributed by atoms with Crippen molar-refractivity contribution in [1.82, 2.24) is 15.1 Å². The molecule has 0 radical (unpaired) electrons. The number of hydrogen-bond acceptors (Lipinski definition) is 4. The van der Waals surface area contributed by atoms with Crippen LogP contribution in [-0.2, 0) is 4.79 Å². The van der Waals surface area contributed by atoms with Gasteiger partial charge in [0.2, 0.25) is 5.91 Å². The van der Waals surface area contributed by atoms with Gasteiger partial charge in [0.1, 0.15) is 5.69 Å². The molecule has 0 saturated carbocycles. The van der Waals surface area contributed by atoms with Crippen molar-refractivity contribution in [2.45, 2.75) is 0 Å². The number of rotatable bonds is 5. The highest BCUT2D eigenvalue weighted by molar-refractivity contribution is 5.98. The first-order valence-electron chi connectivity index (χ1n) is 7.32. The third-order valence-corrected chi connectivity index (χ3v) is 3.41. The zero-order valence-corrected chi connectivity index (χ0v) is 13.0. The van der Waals surface area contributed by atoms with Crippen molar-refractivity contribution in [1.29, 1.82) is 0 Å². The molecule has 2 N–H and O–H groups in total. The Bertz CT molecular complexity index is 825. The number of carbonyl (C=O) groups is 2. The molecule has 7 nitrogen and oxygen atoms in total. The Hall–Kier alpha value is -3.35. The highest BCUT2D eigenvalue weighted by Crippen LogP contribution is 2.18. The van der Waals surface area contributed by atoms with E-state index < -0.39 is 0 Å². The van der Waals surface area contributed by atoms with Crippen molar-refractivity contribution in [2.24, 2.45) is 0 Å². The van der Waals surface area contributed by atoms with E-state index in [1.165, 1.54) is 11.2 Å². The maximum atomic E-state index is 12.4. The summed E-state index contributed by atoms with van der Waals surface area (Å²) >= 11 is 0. The first kappa shape index (κ1) is 15.5. The molecular formula is C17H16N4O3. The average Bonchev–Trinajstić information content (AvgIpc) is 3.26. The molecule has 0 spiro atoms. The molecule has 0 aliphatic carbocycles. The van der Waals surface area contributed by atoms with Gasteiger partial charge in [-0.2, -0.15) is 5.10 Å². The summed E-state index contributed by atoms with van der Waals surface area (Å²) in [6.45, 7) is -0.0617. The normalized spacial score (nSPS) is 10.4. The van der Waals surface area contributed by atoms with Gasteiger partial charge in [0.15, 0.2) is 0 Å². The molecule has 1 aromatic carbocycles. The topological polar surface area (TPSA) is 91.2 Å². The van der Waals surface area contributed by atoms with Crippen molar-refractivity contribution in [3.05, 3.63) is 60.7 Å². The number of hydrogen-bond donors (Lipinski definition) is 2. The van der Waals surface area contributed by atoms with E-state index in [1.54, 1.807) is 37.6 Å². The molecule has 0 atom stereocenters. The van der Waals surface area contributed by atoms with E-state index >= 15 is 0 Å². The van der Waals surface area contributed by atoms with Crippen LogP contribution < -0.4 is 5.32 Å². The number of H-pyrrole nitrogens is 1. The van der Waals surface area contributed by atoms with E-state index in [4.69, 9.17) is 4.42 Å². The van der Waals surface area contributed by atoms with Crippen LogP contribution in [-0.4, -0.2) is 40.5 Å². The quantitative estimate of drug-likeness (QED) is 0.754. The Kier molecular flexibility index (Phi) is 4.42. The van der Waals surface area contributed by atoms with Crippen LogP contribution >= 0.6 is 0 Å². The van der Waals surface area contributed by atoms with E-state index in [-0.39, 0.29) is 18.4 Å². The summed E-state index contributed by atoms with van der Waals surface area (Å²) in [7, 11) is 1.56. The molecular weight excluding hydrogens is 308 g/mol. The van der Waals surface area contributed by atoms with E-state index in [2.05, 4.69) is 15.5 Å². The molecule has 7 heteroatoms. The van der Waals surface area contributed by atoms with Crippen LogP contribution in [0.2, 0.25) is 0 Å². The monoisotopic (exact) mass is 324 g/mol. The second kappa shape index (κ2) is 6.82. The summed E-state index contributed by atoms with van der Waals surface area (Å²) < 4.78 is 4.99. The number of anilines is 1. The molecule has 2 aromatic heterocycles. The fraction of sp³-hybridized carbons (Fsp3) is 0.118. The van der Waals surface area contributed by atoms with Crippen LogP contribution in [0.4, 0.5) is 5.69 Å². The number of para-hydroxylation sites is 1. The highest BCUT2D eigenvalue weighted by atomic mass is 16.3. The molecule has 2 amide bonds. The van der Waals surface area contributed by atoms with Gasteiger partial charge in [0.25, 0.3) is 5.91 Å². The van der Waals surface area contributed by atoms with E-state index in [0.29, 0.717) is 17.1 Å². The van der Waals surface area contributed by atoms with Crippen LogP contribution in [0.15, 0.2) is 59.4 Å². The number of amides is 2. The molecule has 0 fully saturated rings. The number of likely N-dealkylation sites (N-methyl/N-ethyl adjacent to an activating group) is 1. The molecule has 0 aliphatic rings. The van der Waals surface area contributed by atoms with Crippen molar-refractivity contribution in [3.8, 4) is 11.3 Å². The van der Waals surface area contributed by atoms with Gasteiger partial charge in [-0.05, 0) is 24.3 Å². The molecule has 0 aliphatic heterocycles. The fourth-order valence-corrected chi connectivity index (χ4v) is 2.20. The predicted octanol–water partition coefficient (Wildman–Crippen LogP) is 2.38. The Balaban J connectivity index is 1.61. The van der Waals surface area contributed by atoms with Gasteiger partial charge in [0.05, 0.1) is 24.8 Å². The Morgan fingerprint density at radius 2 is 2.04 bits per heavy atom. The lowest BCUT2D eigenvalue weighted by molar-refractivity contribution is -0.116. The Labute approximate surface area is 138 Å². The largest absolute Gasteiger partial charge is 0.472 e. The van der Waals surface area contributed by atoms with Gasteiger partial charge >= 0.3 is 0 Å². The number of nitrogens with zero attached hydrogens (tertiary/aromatic N) is 2. The highest BCUT2D eigenvalue weighted by Gasteiger charge is 2.18. The van der Waals surface area contributed by atoms with Crippen molar-refractivity contribution in [2.75, 3.05) is 18.9 Å². The molecule has 122 valence electrons. The maximum Gasteiger partial charge on any atom is 0.272 e. The van der Waals surface area contributed by atoms with Gasteiger partial charge < -0.3 is 14.6 Å². The summed E-state index contributed by atoms with van der Waals surface area (Å²) in [5.41, 5.74) is 2.37. The third-order valence-electron chi connectivity index (χ3n) is 3.41. The van der Waals surface area contributed by atoms with Crippen molar-refractivity contribution in [3.63, 3.8) is 0 Å². The summed E-state index contributed by atoms with van der Waals surface area (Å²) in [5, 5.41) is 9.49. The van der Waals surface area contributed by atoms with Crippen molar-refractivity contribution >= 4 is 17.5 Å². The molecule has 0 unspecified atom stereocenters. The molecule has 3 rings (SSSR count). The van der Waals surface area contributed by atoms with Gasteiger partial charge in [-0.15, -0.1) is 0 Å².